The maximum atomic E-state index is 12.9. The number of carbonyl (C=O) groups excluding carboxylic acids is 2. The Balaban J connectivity index is 1.93. The maximum Gasteiger partial charge on any atom is 0.270 e. The molecule has 1 amide bonds. The molecular formula is C20H17NO4S2. The number of hydrogen-bond donors (Lipinski definition) is 0. The zero-order valence-corrected chi connectivity index (χ0v) is 16.6. The summed E-state index contributed by atoms with van der Waals surface area (Å²) in [5.41, 5.74) is 1.91. The molecule has 0 saturated carbocycles. The quantitative estimate of drug-likeness (QED) is 0.424. The summed E-state index contributed by atoms with van der Waals surface area (Å²) in [6, 6.07) is 12.3. The van der Waals surface area contributed by atoms with Crippen LogP contribution in [0.2, 0.25) is 0 Å². The average Bonchev–Trinajstić information content (AvgIpc) is 2.94. The van der Waals surface area contributed by atoms with Crippen molar-refractivity contribution in [3.8, 4) is 11.5 Å². The smallest absolute Gasteiger partial charge is 0.270 e. The number of carbonyl (C=O) groups is 2. The molecule has 2 aromatic rings. The molecule has 3 rings (SSSR count). The Morgan fingerprint density at radius 1 is 1.11 bits per heavy atom. The number of thioether (sulfide) groups is 1. The van der Waals surface area contributed by atoms with E-state index < -0.39 is 0 Å². The summed E-state index contributed by atoms with van der Waals surface area (Å²) in [7, 11) is 3.13. The molecule has 27 heavy (non-hydrogen) atoms. The minimum atomic E-state index is -0.222. The van der Waals surface area contributed by atoms with Gasteiger partial charge in [0.1, 0.15) is 0 Å². The second kappa shape index (κ2) is 7.94. The number of rotatable bonds is 5. The van der Waals surface area contributed by atoms with Crippen LogP contribution < -0.4 is 14.4 Å². The number of hydrogen-bond acceptors (Lipinski definition) is 6. The second-order valence-electron chi connectivity index (χ2n) is 5.74. The zero-order valence-electron chi connectivity index (χ0n) is 15.0. The fourth-order valence-corrected chi connectivity index (χ4v) is 3.95. The Morgan fingerprint density at radius 2 is 1.85 bits per heavy atom. The number of nitrogens with zero attached hydrogens (tertiary/aromatic N) is 1. The van der Waals surface area contributed by atoms with Crippen LogP contribution in [0.5, 0.6) is 11.5 Å². The largest absolute Gasteiger partial charge is 0.493 e. The van der Waals surface area contributed by atoms with E-state index in [1.54, 1.807) is 56.7 Å². The number of thiocarbonyl (C=S) groups is 1. The van der Waals surface area contributed by atoms with Crippen molar-refractivity contribution in [1.82, 2.24) is 0 Å². The van der Waals surface area contributed by atoms with Crippen molar-refractivity contribution in [2.75, 3.05) is 19.1 Å². The molecule has 0 radical (unpaired) electrons. The van der Waals surface area contributed by atoms with Crippen LogP contribution in [0, 0.1) is 0 Å². The molecule has 5 nitrogen and oxygen atoms in total. The van der Waals surface area contributed by atoms with Gasteiger partial charge < -0.3 is 9.47 Å². The van der Waals surface area contributed by atoms with Crippen molar-refractivity contribution in [3.05, 3.63) is 58.5 Å². The summed E-state index contributed by atoms with van der Waals surface area (Å²) in [4.78, 5) is 26.5. The Kier molecular flexibility index (Phi) is 5.62. The van der Waals surface area contributed by atoms with Crippen molar-refractivity contribution in [2.24, 2.45) is 0 Å². The number of amides is 1. The lowest BCUT2D eigenvalue weighted by Crippen LogP contribution is -2.27. The molecule has 0 unspecified atom stereocenters. The minimum Gasteiger partial charge on any atom is -0.493 e. The van der Waals surface area contributed by atoms with Gasteiger partial charge in [0, 0.05) is 5.56 Å². The topological polar surface area (TPSA) is 55.8 Å². The second-order valence-corrected chi connectivity index (χ2v) is 7.41. The first-order valence-electron chi connectivity index (χ1n) is 8.05. The van der Waals surface area contributed by atoms with E-state index in [9.17, 15) is 9.59 Å². The molecule has 1 fully saturated rings. The van der Waals surface area contributed by atoms with Crippen molar-refractivity contribution in [3.63, 3.8) is 0 Å². The predicted octanol–water partition coefficient (Wildman–Crippen LogP) is 4.31. The third kappa shape index (κ3) is 3.89. The van der Waals surface area contributed by atoms with Crippen molar-refractivity contribution >= 4 is 51.8 Å². The van der Waals surface area contributed by atoms with Crippen LogP contribution >= 0.6 is 24.0 Å². The van der Waals surface area contributed by atoms with E-state index in [1.807, 2.05) is 6.07 Å². The van der Waals surface area contributed by atoms with Crippen LogP contribution in [0.1, 0.15) is 22.8 Å². The van der Waals surface area contributed by atoms with Crippen LogP contribution in [-0.2, 0) is 4.79 Å². The molecule has 2 aromatic carbocycles. The van der Waals surface area contributed by atoms with Gasteiger partial charge in [0.15, 0.2) is 21.6 Å². The first-order chi connectivity index (χ1) is 12.9. The van der Waals surface area contributed by atoms with E-state index in [-0.39, 0.29) is 11.7 Å². The summed E-state index contributed by atoms with van der Waals surface area (Å²) in [6.07, 6.45) is 1.76. The number of Topliss-reactive ketones (excluding diaryl/α,β-unsaturated/α-hetero) is 1. The fourth-order valence-electron chi connectivity index (χ4n) is 2.65. The molecule has 0 atom stereocenters. The van der Waals surface area contributed by atoms with Crippen LogP contribution in [0.3, 0.4) is 0 Å². The molecule has 0 bridgehead atoms. The number of ketones is 1. The van der Waals surface area contributed by atoms with Gasteiger partial charge in [-0.25, -0.2) is 0 Å². The first kappa shape index (κ1) is 19.1. The number of benzene rings is 2. The minimum absolute atomic E-state index is 0.0665. The Bertz CT molecular complexity index is 968. The van der Waals surface area contributed by atoms with Crippen molar-refractivity contribution < 1.29 is 19.1 Å². The van der Waals surface area contributed by atoms with Crippen LogP contribution in [0.15, 0.2) is 47.4 Å². The summed E-state index contributed by atoms with van der Waals surface area (Å²) >= 11 is 6.61. The molecular weight excluding hydrogens is 382 g/mol. The van der Waals surface area contributed by atoms with E-state index in [2.05, 4.69) is 0 Å². The highest BCUT2D eigenvalue weighted by Crippen LogP contribution is 2.37. The van der Waals surface area contributed by atoms with Gasteiger partial charge in [-0.1, -0.05) is 42.2 Å². The molecule has 0 aliphatic carbocycles. The van der Waals surface area contributed by atoms with Crippen molar-refractivity contribution in [2.45, 2.75) is 6.92 Å². The third-order valence-electron chi connectivity index (χ3n) is 4.01. The summed E-state index contributed by atoms with van der Waals surface area (Å²) in [6.45, 7) is 1.49. The summed E-state index contributed by atoms with van der Waals surface area (Å²) < 4.78 is 11.0. The van der Waals surface area contributed by atoms with Crippen LogP contribution in [-0.4, -0.2) is 30.2 Å². The normalized spacial score (nSPS) is 15.4. The Morgan fingerprint density at radius 3 is 2.52 bits per heavy atom. The SMILES string of the molecule is COc1ccc(/C=C2\SC(=S)N(c3cccc(C(C)=O)c3)C2=O)cc1OC. The van der Waals surface area contributed by atoms with E-state index in [0.29, 0.717) is 32.0 Å². The van der Waals surface area contributed by atoms with Crippen LogP contribution in [0.25, 0.3) is 6.08 Å². The van der Waals surface area contributed by atoms with Gasteiger partial charge in [0.05, 0.1) is 24.8 Å². The highest BCUT2D eigenvalue weighted by molar-refractivity contribution is 8.27. The standard InChI is InChI=1S/C20H17NO4S2/c1-12(22)14-5-4-6-15(11-14)21-19(23)18(27-20(21)26)10-13-7-8-16(24-2)17(9-13)25-3/h4-11H,1-3H3/b18-10-. The van der Waals surface area contributed by atoms with E-state index in [0.717, 1.165) is 5.56 Å². The van der Waals surface area contributed by atoms with Gasteiger partial charge >= 0.3 is 0 Å². The Hall–Kier alpha value is -2.64. The fraction of sp³-hybridized carbons (Fsp3) is 0.150. The monoisotopic (exact) mass is 399 g/mol. The molecule has 1 heterocycles. The van der Waals surface area contributed by atoms with E-state index >= 15 is 0 Å². The molecule has 138 valence electrons. The van der Waals surface area contributed by atoms with Gasteiger partial charge in [-0.3, -0.25) is 14.5 Å². The number of ether oxygens (including phenoxy) is 2. The summed E-state index contributed by atoms with van der Waals surface area (Å²) in [5, 5.41) is 0. The Labute approximate surface area is 167 Å². The lowest BCUT2D eigenvalue weighted by atomic mass is 10.1. The molecule has 7 heteroatoms. The molecule has 0 N–H and O–H groups in total. The average molecular weight is 399 g/mol. The van der Waals surface area contributed by atoms with Gasteiger partial charge in [-0.15, -0.1) is 0 Å². The molecule has 1 aliphatic rings. The number of methoxy groups -OCH3 is 2. The van der Waals surface area contributed by atoms with Crippen molar-refractivity contribution in [1.29, 1.82) is 0 Å². The van der Waals surface area contributed by atoms with E-state index in [1.165, 1.54) is 23.6 Å². The van der Waals surface area contributed by atoms with Gasteiger partial charge in [0.2, 0.25) is 0 Å². The van der Waals surface area contributed by atoms with Gasteiger partial charge in [0.25, 0.3) is 5.91 Å². The number of anilines is 1. The molecule has 0 aromatic heterocycles. The molecule has 0 spiro atoms. The predicted molar refractivity (Wildman–Crippen MR) is 112 cm³/mol. The summed E-state index contributed by atoms with van der Waals surface area (Å²) in [5.74, 6) is 0.905. The van der Waals surface area contributed by atoms with Gasteiger partial charge in [-0.2, -0.15) is 0 Å². The van der Waals surface area contributed by atoms with E-state index in [4.69, 9.17) is 21.7 Å². The first-order valence-corrected chi connectivity index (χ1v) is 9.28. The maximum absolute atomic E-state index is 12.9. The lowest BCUT2D eigenvalue weighted by molar-refractivity contribution is -0.113. The lowest BCUT2D eigenvalue weighted by Gasteiger charge is -2.15. The molecule has 1 aliphatic heterocycles. The van der Waals surface area contributed by atoms with Crippen LogP contribution in [0.4, 0.5) is 5.69 Å². The highest BCUT2D eigenvalue weighted by Gasteiger charge is 2.33. The third-order valence-corrected chi connectivity index (χ3v) is 5.31. The highest BCUT2D eigenvalue weighted by atomic mass is 32.2. The van der Waals surface area contributed by atoms with Gasteiger partial charge in [-0.05, 0) is 42.8 Å². The zero-order chi connectivity index (χ0) is 19.6. The molecule has 1 saturated heterocycles.